The number of para-hydroxylation sites is 2. The highest BCUT2D eigenvalue weighted by atomic mass is 32.2. The smallest absolute Gasteiger partial charge is 0.232 e. The fraction of sp³-hybridized carbons (Fsp3) is 0.304. The van der Waals surface area contributed by atoms with Crippen LogP contribution in [0.5, 0.6) is 5.75 Å². The van der Waals surface area contributed by atoms with E-state index in [0.29, 0.717) is 24.4 Å². The van der Waals surface area contributed by atoms with Crippen molar-refractivity contribution in [2.45, 2.75) is 26.3 Å². The van der Waals surface area contributed by atoms with Crippen LogP contribution >= 0.6 is 0 Å². The van der Waals surface area contributed by atoms with Crippen LogP contribution in [0.4, 0.5) is 5.69 Å². The topological polar surface area (TPSA) is 93.5 Å². The molecule has 2 aromatic carbocycles. The third-order valence-corrected chi connectivity index (χ3v) is 6.23. The second-order valence-corrected chi connectivity index (χ2v) is 9.30. The largest absolute Gasteiger partial charge is 0.495 e. The number of amides is 1. The van der Waals surface area contributed by atoms with E-state index in [2.05, 4.69) is 10.3 Å². The summed E-state index contributed by atoms with van der Waals surface area (Å²) in [4.78, 5) is 16.5. The molecule has 0 bridgehead atoms. The molecule has 8 nitrogen and oxygen atoms in total. The number of carbonyl (C=O) groups is 1. The van der Waals surface area contributed by atoms with Gasteiger partial charge in [-0.1, -0.05) is 24.3 Å². The van der Waals surface area contributed by atoms with Gasteiger partial charge < -0.3 is 14.6 Å². The Kier molecular flexibility index (Phi) is 7.53. The molecule has 3 aromatic rings. The number of rotatable bonds is 10. The average Bonchev–Trinajstić information content (AvgIpc) is 3.20. The first-order chi connectivity index (χ1) is 15.3. The molecular formula is C23H28N4O4S. The number of carbonyl (C=O) groups excluding carboxylic acids is 1. The van der Waals surface area contributed by atoms with Crippen LogP contribution in [-0.4, -0.2) is 43.8 Å². The molecule has 32 heavy (non-hydrogen) atoms. The molecule has 0 saturated heterocycles. The lowest BCUT2D eigenvalue weighted by Gasteiger charge is -2.24. The number of aryl methyl sites for hydroxylation is 1. The van der Waals surface area contributed by atoms with Crippen molar-refractivity contribution >= 4 is 21.6 Å². The van der Waals surface area contributed by atoms with E-state index >= 15 is 0 Å². The van der Waals surface area contributed by atoms with Crippen molar-refractivity contribution in [2.24, 2.45) is 0 Å². The van der Waals surface area contributed by atoms with Gasteiger partial charge in [-0.05, 0) is 43.2 Å². The number of methoxy groups -OCH3 is 1. The van der Waals surface area contributed by atoms with Crippen LogP contribution in [0.25, 0.3) is 5.69 Å². The molecule has 0 saturated carbocycles. The number of sulfonamides is 1. The van der Waals surface area contributed by atoms with E-state index in [1.54, 1.807) is 30.5 Å². The van der Waals surface area contributed by atoms with E-state index in [4.69, 9.17) is 4.74 Å². The maximum atomic E-state index is 12.3. The van der Waals surface area contributed by atoms with Crippen molar-refractivity contribution in [3.63, 3.8) is 0 Å². The number of anilines is 1. The minimum atomic E-state index is -3.51. The zero-order chi connectivity index (χ0) is 23.1. The maximum Gasteiger partial charge on any atom is 0.232 e. The Labute approximate surface area is 188 Å². The minimum Gasteiger partial charge on any atom is -0.495 e. The van der Waals surface area contributed by atoms with Gasteiger partial charge in [0.25, 0.3) is 0 Å². The fourth-order valence-electron chi connectivity index (χ4n) is 3.40. The van der Waals surface area contributed by atoms with Crippen LogP contribution < -0.4 is 14.4 Å². The minimum absolute atomic E-state index is 0.131. The Morgan fingerprint density at radius 1 is 1.16 bits per heavy atom. The summed E-state index contributed by atoms with van der Waals surface area (Å²) in [5.74, 6) is 1.24. The summed E-state index contributed by atoms with van der Waals surface area (Å²) in [5, 5.41) is 2.89. The first-order valence-corrected chi connectivity index (χ1v) is 12.1. The Morgan fingerprint density at radius 3 is 2.50 bits per heavy atom. The lowest BCUT2D eigenvalue weighted by molar-refractivity contribution is -0.121. The van der Waals surface area contributed by atoms with Gasteiger partial charge in [0.1, 0.15) is 11.6 Å². The number of ether oxygens (including phenoxy) is 1. The van der Waals surface area contributed by atoms with E-state index in [0.717, 1.165) is 23.3 Å². The van der Waals surface area contributed by atoms with Gasteiger partial charge in [-0.15, -0.1) is 0 Å². The second kappa shape index (κ2) is 10.3. The van der Waals surface area contributed by atoms with Crippen molar-refractivity contribution in [3.8, 4) is 11.4 Å². The van der Waals surface area contributed by atoms with Gasteiger partial charge in [-0.3, -0.25) is 9.10 Å². The zero-order valence-corrected chi connectivity index (χ0v) is 19.3. The summed E-state index contributed by atoms with van der Waals surface area (Å²) in [7, 11) is -2.02. The normalized spacial score (nSPS) is 11.2. The van der Waals surface area contributed by atoms with Gasteiger partial charge >= 0.3 is 0 Å². The van der Waals surface area contributed by atoms with Gasteiger partial charge in [0.15, 0.2) is 0 Å². The number of hydrogen-bond donors (Lipinski definition) is 1. The third kappa shape index (κ3) is 5.88. The molecule has 0 aliphatic carbocycles. The molecule has 170 valence electrons. The van der Waals surface area contributed by atoms with Crippen molar-refractivity contribution < 1.29 is 17.9 Å². The van der Waals surface area contributed by atoms with Crippen LogP contribution in [0, 0.1) is 6.92 Å². The quantitative estimate of drug-likeness (QED) is 0.506. The number of nitrogens with zero attached hydrogens (tertiary/aromatic N) is 3. The van der Waals surface area contributed by atoms with Crippen molar-refractivity contribution in [1.82, 2.24) is 14.9 Å². The van der Waals surface area contributed by atoms with Gasteiger partial charge in [0.05, 0.1) is 19.1 Å². The highest BCUT2D eigenvalue weighted by Gasteiger charge is 2.20. The molecule has 3 rings (SSSR count). The lowest BCUT2D eigenvalue weighted by Crippen LogP contribution is -2.32. The fourth-order valence-corrected chi connectivity index (χ4v) is 4.37. The number of aromatic nitrogens is 2. The van der Waals surface area contributed by atoms with Crippen molar-refractivity contribution in [1.29, 1.82) is 0 Å². The first-order valence-electron chi connectivity index (χ1n) is 10.3. The summed E-state index contributed by atoms with van der Waals surface area (Å²) in [6.07, 6.45) is 5.40. The Balaban J connectivity index is 1.52. The summed E-state index contributed by atoms with van der Waals surface area (Å²) >= 11 is 0. The molecule has 1 N–H and O–H groups in total. The Hall–Kier alpha value is -3.33. The Morgan fingerprint density at radius 2 is 1.88 bits per heavy atom. The second-order valence-electron chi connectivity index (χ2n) is 7.40. The summed E-state index contributed by atoms with van der Waals surface area (Å²) in [6.45, 7) is 2.53. The van der Waals surface area contributed by atoms with Crippen LogP contribution in [0.3, 0.4) is 0 Å². The molecule has 0 aliphatic rings. The standard InChI is InChI=1S/C23H28N4O4S/c1-18-24-14-16-26(18)20-12-10-19(11-13-20)17-25-23(28)9-6-15-27(32(3,29)30)21-7-4-5-8-22(21)31-2/h4-5,7-8,10-14,16H,6,9,15,17H2,1-3H3,(H,25,28). The summed E-state index contributed by atoms with van der Waals surface area (Å²) in [5.41, 5.74) is 2.45. The number of hydrogen-bond acceptors (Lipinski definition) is 5. The van der Waals surface area contributed by atoms with Gasteiger partial charge in [0, 0.05) is 37.6 Å². The molecule has 0 atom stereocenters. The van der Waals surface area contributed by atoms with Gasteiger partial charge in [-0.2, -0.15) is 0 Å². The SMILES string of the molecule is COc1ccccc1N(CCCC(=O)NCc1ccc(-n2ccnc2C)cc1)S(C)(=O)=O. The average molecular weight is 457 g/mol. The van der Waals surface area contributed by atoms with E-state index in [9.17, 15) is 13.2 Å². The molecule has 1 heterocycles. The first kappa shape index (κ1) is 23.3. The molecule has 0 aliphatic heterocycles. The van der Waals surface area contributed by atoms with Crippen LogP contribution in [0.2, 0.25) is 0 Å². The molecule has 1 amide bonds. The monoisotopic (exact) mass is 456 g/mol. The number of nitrogens with one attached hydrogen (secondary N) is 1. The number of benzene rings is 2. The van der Waals surface area contributed by atoms with E-state index < -0.39 is 10.0 Å². The predicted molar refractivity (Wildman–Crippen MR) is 125 cm³/mol. The van der Waals surface area contributed by atoms with Gasteiger partial charge in [0.2, 0.25) is 15.9 Å². The summed E-state index contributed by atoms with van der Waals surface area (Å²) in [6, 6.07) is 14.8. The molecule has 0 unspecified atom stereocenters. The molecular weight excluding hydrogens is 428 g/mol. The predicted octanol–water partition coefficient (Wildman–Crippen LogP) is 3.05. The maximum absolute atomic E-state index is 12.3. The molecule has 9 heteroatoms. The van der Waals surface area contributed by atoms with E-state index in [-0.39, 0.29) is 18.9 Å². The van der Waals surface area contributed by atoms with Gasteiger partial charge in [-0.25, -0.2) is 13.4 Å². The summed E-state index contributed by atoms with van der Waals surface area (Å²) < 4.78 is 33.1. The van der Waals surface area contributed by atoms with Crippen LogP contribution in [0.1, 0.15) is 24.2 Å². The molecule has 1 aromatic heterocycles. The van der Waals surface area contributed by atoms with Crippen LogP contribution in [-0.2, 0) is 21.4 Å². The Bertz CT molecular complexity index is 1160. The van der Waals surface area contributed by atoms with Crippen molar-refractivity contribution in [3.05, 3.63) is 72.3 Å². The highest BCUT2D eigenvalue weighted by molar-refractivity contribution is 7.92. The zero-order valence-electron chi connectivity index (χ0n) is 18.5. The number of imidazole rings is 1. The van der Waals surface area contributed by atoms with E-state index in [1.807, 2.05) is 42.0 Å². The lowest BCUT2D eigenvalue weighted by atomic mass is 10.2. The molecule has 0 radical (unpaired) electrons. The van der Waals surface area contributed by atoms with Crippen LogP contribution in [0.15, 0.2) is 60.9 Å². The molecule has 0 spiro atoms. The third-order valence-electron chi connectivity index (χ3n) is 5.05. The molecule has 0 fully saturated rings. The highest BCUT2D eigenvalue weighted by Crippen LogP contribution is 2.29. The van der Waals surface area contributed by atoms with E-state index in [1.165, 1.54) is 11.4 Å². The van der Waals surface area contributed by atoms with Crippen molar-refractivity contribution in [2.75, 3.05) is 24.2 Å².